The van der Waals surface area contributed by atoms with Crippen LogP contribution >= 0.6 is 11.6 Å². The standard InChI is InChI=1S/C21H20ClN3O4/c1-13-11-17(26)19(24-25(13)16-9-7-15(22)8-10-16)21(27)23-12-14-5-4-6-18(28-2)20(14)29-3/h4-11H,12H2,1-3H3,(H,23,27). The minimum atomic E-state index is -0.581. The molecule has 0 unspecified atom stereocenters. The van der Waals surface area contributed by atoms with Crippen LogP contribution in [0, 0.1) is 6.92 Å². The number of aromatic nitrogens is 2. The number of hydrogen-bond donors (Lipinski definition) is 1. The average Bonchev–Trinajstić information content (AvgIpc) is 2.72. The van der Waals surface area contributed by atoms with Crippen molar-refractivity contribution in [1.29, 1.82) is 0 Å². The molecule has 0 aliphatic heterocycles. The first-order valence-electron chi connectivity index (χ1n) is 8.79. The van der Waals surface area contributed by atoms with Gasteiger partial charge in [-0.25, -0.2) is 4.68 Å². The second-order valence-corrected chi connectivity index (χ2v) is 6.66. The number of amides is 1. The van der Waals surface area contributed by atoms with Gasteiger partial charge in [-0.2, -0.15) is 5.10 Å². The van der Waals surface area contributed by atoms with Crippen LogP contribution in [0.25, 0.3) is 5.69 Å². The van der Waals surface area contributed by atoms with E-state index in [0.717, 1.165) is 0 Å². The molecule has 1 N–H and O–H groups in total. The Morgan fingerprint density at radius 3 is 2.52 bits per heavy atom. The van der Waals surface area contributed by atoms with E-state index in [1.807, 2.05) is 0 Å². The molecule has 0 saturated heterocycles. The van der Waals surface area contributed by atoms with Crippen LogP contribution in [0.5, 0.6) is 11.5 Å². The predicted molar refractivity (Wildman–Crippen MR) is 110 cm³/mol. The Morgan fingerprint density at radius 1 is 1.14 bits per heavy atom. The van der Waals surface area contributed by atoms with Gasteiger partial charge in [-0.05, 0) is 37.3 Å². The largest absolute Gasteiger partial charge is 0.493 e. The fraction of sp³-hybridized carbons (Fsp3) is 0.190. The van der Waals surface area contributed by atoms with Crippen LogP contribution in [-0.4, -0.2) is 29.9 Å². The third kappa shape index (κ3) is 4.41. The summed E-state index contributed by atoms with van der Waals surface area (Å²) in [5.74, 6) is 0.492. The van der Waals surface area contributed by atoms with Crippen LogP contribution in [0.15, 0.2) is 53.3 Å². The van der Waals surface area contributed by atoms with Crippen molar-refractivity contribution in [3.8, 4) is 17.2 Å². The van der Waals surface area contributed by atoms with Crippen LogP contribution in [0.4, 0.5) is 0 Å². The van der Waals surface area contributed by atoms with Crippen LogP contribution in [0.3, 0.4) is 0 Å². The fourth-order valence-corrected chi connectivity index (χ4v) is 3.03. The van der Waals surface area contributed by atoms with Gasteiger partial charge in [-0.15, -0.1) is 0 Å². The number of hydrogen-bond acceptors (Lipinski definition) is 5. The molecule has 0 aliphatic carbocycles. The summed E-state index contributed by atoms with van der Waals surface area (Å²) < 4.78 is 12.2. The lowest BCUT2D eigenvalue weighted by Crippen LogP contribution is -2.31. The van der Waals surface area contributed by atoms with Crippen molar-refractivity contribution in [2.45, 2.75) is 13.5 Å². The van der Waals surface area contributed by atoms with Gasteiger partial charge in [0, 0.05) is 28.9 Å². The minimum absolute atomic E-state index is 0.148. The van der Waals surface area contributed by atoms with Gasteiger partial charge >= 0.3 is 0 Å². The molecule has 8 heteroatoms. The van der Waals surface area contributed by atoms with E-state index in [9.17, 15) is 9.59 Å². The molecule has 1 amide bonds. The molecular formula is C21H20ClN3O4. The molecule has 3 rings (SSSR count). The zero-order valence-electron chi connectivity index (χ0n) is 16.2. The van der Waals surface area contributed by atoms with Crippen molar-refractivity contribution in [2.24, 2.45) is 0 Å². The number of ether oxygens (including phenoxy) is 2. The molecule has 1 aromatic heterocycles. The molecule has 7 nitrogen and oxygen atoms in total. The topological polar surface area (TPSA) is 82.5 Å². The molecule has 0 bridgehead atoms. The Kier molecular flexibility index (Phi) is 6.19. The lowest BCUT2D eigenvalue weighted by molar-refractivity contribution is 0.0942. The fourth-order valence-electron chi connectivity index (χ4n) is 2.90. The lowest BCUT2D eigenvalue weighted by Gasteiger charge is -2.14. The highest BCUT2D eigenvalue weighted by molar-refractivity contribution is 6.30. The number of methoxy groups -OCH3 is 2. The second kappa shape index (κ2) is 8.79. The zero-order valence-corrected chi connectivity index (χ0v) is 17.0. The Bertz CT molecular complexity index is 1090. The van der Waals surface area contributed by atoms with Crippen LogP contribution in [0.1, 0.15) is 21.7 Å². The second-order valence-electron chi connectivity index (χ2n) is 6.22. The first kappa shape index (κ1) is 20.4. The normalized spacial score (nSPS) is 10.5. The maximum atomic E-state index is 12.7. The van der Waals surface area contributed by atoms with Gasteiger partial charge in [-0.3, -0.25) is 9.59 Å². The molecule has 150 valence electrons. The van der Waals surface area contributed by atoms with Crippen molar-refractivity contribution in [3.63, 3.8) is 0 Å². The van der Waals surface area contributed by atoms with E-state index in [2.05, 4.69) is 10.4 Å². The van der Waals surface area contributed by atoms with Gasteiger partial charge in [0.05, 0.1) is 19.9 Å². The Hall–Kier alpha value is -3.32. The zero-order chi connectivity index (χ0) is 21.0. The molecule has 29 heavy (non-hydrogen) atoms. The summed E-state index contributed by atoms with van der Waals surface area (Å²) in [4.78, 5) is 25.0. The van der Waals surface area contributed by atoms with Gasteiger partial charge in [0.15, 0.2) is 17.2 Å². The third-order valence-electron chi connectivity index (χ3n) is 4.32. The number of rotatable bonds is 6. The Morgan fingerprint density at radius 2 is 1.86 bits per heavy atom. The van der Waals surface area contributed by atoms with Crippen LogP contribution in [0.2, 0.25) is 5.02 Å². The van der Waals surface area contributed by atoms with Gasteiger partial charge < -0.3 is 14.8 Å². The number of carbonyl (C=O) groups excluding carboxylic acids is 1. The molecular weight excluding hydrogens is 394 g/mol. The monoisotopic (exact) mass is 413 g/mol. The van der Waals surface area contributed by atoms with E-state index in [0.29, 0.717) is 33.5 Å². The number of nitrogens with zero attached hydrogens (tertiary/aromatic N) is 2. The van der Waals surface area contributed by atoms with Crippen LogP contribution in [-0.2, 0) is 6.54 Å². The maximum absolute atomic E-state index is 12.7. The summed E-state index contributed by atoms with van der Waals surface area (Å²) >= 11 is 5.93. The smallest absolute Gasteiger partial charge is 0.276 e. The Labute approximate surface area is 172 Å². The molecule has 0 fully saturated rings. The van der Waals surface area contributed by atoms with Gasteiger partial charge in [0.2, 0.25) is 5.43 Å². The van der Waals surface area contributed by atoms with Crippen molar-refractivity contribution in [2.75, 3.05) is 14.2 Å². The van der Waals surface area contributed by atoms with Crippen molar-refractivity contribution < 1.29 is 14.3 Å². The molecule has 1 heterocycles. The summed E-state index contributed by atoms with van der Waals surface area (Å²) in [6.45, 7) is 1.89. The van der Waals surface area contributed by atoms with E-state index in [4.69, 9.17) is 21.1 Å². The number of nitrogens with one attached hydrogen (secondary N) is 1. The van der Waals surface area contributed by atoms with Crippen LogP contribution < -0.4 is 20.2 Å². The summed E-state index contributed by atoms with van der Waals surface area (Å²) in [7, 11) is 3.06. The molecule has 2 aromatic carbocycles. The highest BCUT2D eigenvalue weighted by Gasteiger charge is 2.17. The van der Waals surface area contributed by atoms with Crippen molar-refractivity contribution >= 4 is 17.5 Å². The summed E-state index contributed by atoms with van der Waals surface area (Å²) in [5, 5.41) is 7.55. The first-order chi connectivity index (χ1) is 13.9. The van der Waals surface area contributed by atoms with E-state index in [-0.39, 0.29) is 12.2 Å². The SMILES string of the molecule is COc1cccc(CNC(=O)c2nn(-c3ccc(Cl)cc3)c(C)cc2=O)c1OC. The minimum Gasteiger partial charge on any atom is -0.493 e. The summed E-state index contributed by atoms with van der Waals surface area (Å²) in [5.41, 5.74) is 1.35. The first-order valence-corrected chi connectivity index (χ1v) is 9.17. The van der Waals surface area contributed by atoms with Crippen molar-refractivity contribution in [1.82, 2.24) is 15.1 Å². The number of para-hydroxylation sites is 1. The number of benzene rings is 2. The summed E-state index contributed by atoms with van der Waals surface area (Å²) in [6.07, 6.45) is 0. The Balaban J connectivity index is 1.87. The third-order valence-corrected chi connectivity index (χ3v) is 4.57. The van der Waals surface area contributed by atoms with E-state index >= 15 is 0 Å². The number of carbonyl (C=O) groups is 1. The predicted octanol–water partition coefficient (Wildman–Crippen LogP) is 3.14. The molecule has 0 saturated carbocycles. The van der Waals surface area contributed by atoms with Gasteiger partial charge in [0.25, 0.3) is 5.91 Å². The highest BCUT2D eigenvalue weighted by Crippen LogP contribution is 2.30. The molecule has 0 spiro atoms. The van der Waals surface area contributed by atoms with Gasteiger partial charge in [-0.1, -0.05) is 23.7 Å². The highest BCUT2D eigenvalue weighted by atomic mass is 35.5. The van der Waals surface area contributed by atoms with E-state index < -0.39 is 11.3 Å². The number of aryl methyl sites for hydroxylation is 1. The molecule has 3 aromatic rings. The maximum Gasteiger partial charge on any atom is 0.276 e. The van der Waals surface area contributed by atoms with Crippen molar-refractivity contribution in [3.05, 3.63) is 80.7 Å². The molecule has 0 atom stereocenters. The van der Waals surface area contributed by atoms with Gasteiger partial charge in [0.1, 0.15) is 0 Å². The average molecular weight is 414 g/mol. The van der Waals surface area contributed by atoms with E-state index in [1.54, 1.807) is 49.4 Å². The number of halogens is 1. The lowest BCUT2D eigenvalue weighted by atomic mass is 10.2. The molecule has 0 radical (unpaired) electrons. The summed E-state index contributed by atoms with van der Waals surface area (Å²) in [6, 6.07) is 13.7. The van der Waals surface area contributed by atoms with E-state index in [1.165, 1.54) is 25.0 Å². The quantitative estimate of drug-likeness (QED) is 0.671. The molecule has 0 aliphatic rings.